The molecule has 0 spiro atoms. The van der Waals surface area contributed by atoms with Crippen molar-refractivity contribution in [3.63, 3.8) is 0 Å². The smallest absolute Gasteiger partial charge is 0.0624 e. The Balaban J connectivity index is 3.51. The molecule has 0 bridgehead atoms. The Hall–Kier alpha value is -0.0800. The largest absolute Gasteiger partial charge is 0.374 e. The molecule has 0 aliphatic carbocycles. The third-order valence-corrected chi connectivity index (χ3v) is 1.50. The average molecular weight is 173 g/mol. The molecule has 1 atom stereocenters. The maximum Gasteiger partial charge on any atom is 0.0624 e. The fourth-order valence-electron chi connectivity index (χ4n) is 1.03. The fraction of sp³-hybridized carbons (Fsp3) is 1.00. The van der Waals surface area contributed by atoms with Gasteiger partial charge in [0.2, 0.25) is 0 Å². The average Bonchev–Trinajstić information content (AvgIpc) is 1.80. The fourth-order valence-corrected chi connectivity index (χ4v) is 1.03. The van der Waals surface area contributed by atoms with Gasteiger partial charge in [0.1, 0.15) is 0 Å². The van der Waals surface area contributed by atoms with E-state index in [-0.39, 0.29) is 11.6 Å². The van der Waals surface area contributed by atoms with Gasteiger partial charge >= 0.3 is 0 Å². The standard InChI is InChI=1S/C10H23NO/c1-8(2)6-9(11)7-12-10(3,4)5/h8-9H,6-7,11H2,1-5H3. The van der Waals surface area contributed by atoms with E-state index in [4.69, 9.17) is 10.5 Å². The highest BCUT2D eigenvalue weighted by Gasteiger charge is 2.13. The maximum absolute atomic E-state index is 5.86. The molecule has 0 fully saturated rings. The number of nitrogens with two attached hydrogens (primary N) is 1. The molecule has 2 heteroatoms. The van der Waals surface area contributed by atoms with Crippen molar-refractivity contribution < 1.29 is 4.74 Å². The van der Waals surface area contributed by atoms with Crippen molar-refractivity contribution in [2.45, 2.75) is 52.7 Å². The Morgan fingerprint density at radius 2 is 1.75 bits per heavy atom. The third kappa shape index (κ3) is 8.02. The molecule has 0 rings (SSSR count). The summed E-state index contributed by atoms with van der Waals surface area (Å²) in [5.74, 6) is 0.656. The summed E-state index contributed by atoms with van der Waals surface area (Å²) in [4.78, 5) is 0. The summed E-state index contributed by atoms with van der Waals surface area (Å²) in [6.07, 6.45) is 1.04. The summed E-state index contributed by atoms with van der Waals surface area (Å²) in [7, 11) is 0. The van der Waals surface area contributed by atoms with E-state index in [1.54, 1.807) is 0 Å². The quantitative estimate of drug-likeness (QED) is 0.707. The SMILES string of the molecule is CC(C)CC(N)COC(C)(C)C. The van der Waals surface area contributed by atoms with E-state index in [1.165, 1.54) is 0 Å². The Morgan fingerprint density at radius 3 is 2.08 bits per heavy atom. The predicted octanol–water partition coefficient (Wildman–Crippen LogP) is 2.17. The monoisotopic (exact) mass is 173 g/mol. The van der Waals surface area contributed by atoms with Gasteiger partial charge in [-0.3, -0.25) is 0 Å². The molecule has 0 aliphatic heterocycles. The lowest BCUT2D eigenvalue weighted by molar-refractivity contribution is -0.0119. The first kappa shape index (κ1) is 11.9. The molecule has 0 aromatic rings. The molecule has 0 amide bonds. The van der Waals surface area contributed by atoms with Crippen LogP contribution in [-0.2, 0) is 4.74 Å². The minimum absolute atomic E-state index is 0.0609. The first-order chi connectivity index (χ1) is 5.31. The van der Waals surface area contributed by atoms with Crippen LogP contribution < -0.4 is 5.73 Å². The van der Waals surface area contributed by atoms with Gasteiger partial charge in [0, 0.05) is 6.04 Å². The van der Waals surface area contributed by atoms with Gasteiger partial charge in [-0.2, -0.15) is 0 Å². The second kappa shape index (κ2) is 4.83. The summed E-state index contributed by atoms with van der Waals surface area (Å²) < 4.78 is 5.57. The highest BCUT2D eigenvalue weighted by molar-refractivity contribution is 4.66. The molecule has 0 aromatic carbocycles. The van der Waals surface area contributed by atoms with Crippen LogP contribution in [-0.4, -0.2) is 18.2 Å². The highest BCUT2D eigenvalue weighted by atomic mass is 16.5. The van der Waals surface area contributed by atoms with Crippen molar-refractivity contribution in [3.8, 4) is 0 Å². The minimum Gasteiger partial charge on any atom is -0.374 e. The van der Waals surface area contributed by atoms with Gasteiger partial charge in [-0.1, -0.05) is 13.8 Å². The van der Waals surface area contributed by atoms with E-state index < -0.39 is 0 Å². The van der Waals surface area contributed by atoms with E-state index in [0.29, 0.717) is 12.5 Å². The Morgan fingerprint density at radius 1 is 1.25 bits per heavy atom. The number of rotatable bonds is 4. The van der Waals surface area contributed by atoms with Crippen molar-refractivity contribution in [1.82, 2.24) is 0 Å². The number of hydrogen-bond donors (Lipinski definition) is 1. The van der Waals surface area contributed by atoms with Gasteiger partial charge in [0.15, 0.2) is 0 Å². The van der Waals surface area contributed by atoms with Gasteiger partial charge in [-0.05, 0) is 33.1 Å². The van der Waals surface area contributed by atoms with Crippen molar-refractivity contribution in [3.05, 3.63) is 0 Å². The van der Waals surface area contributed by atoms with Crippen molar-refractivity contribution >= 4 is 0 Å². The Labute approximate surface area is 76.5 Å². The zero-order valence-corrected chi connectivity index (χ0v) is 9.05. The Bertz CT molecular complexity index is 115. The molecule has 0 aromatic heterocycles. The molecule has 0 radical (unpaired) electrons. The van der Waals surface area contributed by atoms with Gasteiger partial charge in [-0.15, -0.1) is 0 Å². The third-order valence-electron chi connectivity index (χ3n) is 1.50. The molecular weight excluding hydrogens is 150 g/mol. The van der Waals surface area contributed by atoms with Crippen LogP contribution in [0.5, 0.6) is 0 Å². The number of ether oxygens (including phenoxy) is 1. The van der Waals surface area contributed by atoms with Crippen molar-refractivity contribution in [2.75, 3.05) is 6.61 Å². The summed E-state index contributed by atoms with van der Waals surface area (Å²) in [5, 5.41) is 0. The Kier molecular flexibility index (Phi) is 4.80. The minimum atomic E-state index is -0.0609. The molecule has 1 unspecified atom stereocenters. The molecule has 74 valence electrons. The molecule has 0 saturated carbocycles. The lowest BCUT2D eigenvalue weighted by Gasteiger charge is -2.23. The van der Waals surface area contributed by atoms with E-state index in [0.717, 1.165) is 6.42 Å². The highest BCUT2D eigenvalue weighted by Crippen LogP contribution is 2.09. The second-order valence-corrected chi connectivity index (χ2v) is 4.81. The molecule has 2 nitrogen and oxygen atoms in total. The van der Waals surface area contributed by atoms with E-state index >= 15 is 0 Å². The summed E-state index contributed by atoms with van der Waals surface area (Å²) in [6.45, 7) is 11.2. The first-order valence-electron chi connectivity index (χ1n) is 4.71. The van der Waals surface area contributed by atoms with Crippen LogP contribution in [0.1, 0.15) is 41.0 Å². The van der Waals surface area contributed by atoms with Crippen LogP contribution in [0.15, 0.2) is 0 Å². The lowest BCUT2D eigenvalue weighted by atomic mass is 10.1. The lowest BCUT2D eigenvalue weighted by Crippen LogP contribution is -2.32. The number of hydrogen-bond acceptors (Lipinski definition) is 2. The van der Waals surface area contributed by atoms with Crippen LogP contribution in [0.3, 0.4) is 0 Å². The van der Waals surface area contributed by atoms with Crippen molar-refractivity contribution in [2.24, 2.45) is 11.7 Å². The predicted molar refractivity (Wildman–Crippen MR) is 53.1 cm³/mol. The van der Waals surface area contributed by atoms with Gasteiger partial charge in [0.05, 0.1) is 12.2 Å². The summed E-state index contributed by atoms with van der Waals surface area (Å²) in [5.41, 5.74) is 5.80. The summed E-state index contributed by atoms with van der Waals surface area (Å²) in [6, 6.07) is 0.184. The molecule has 12 heavy (non-hydrogen) atoms. The first-order valence-corrected chi connectivity index (χ1v) is 4.71. The molecule has 2 N–H and O–H groups in total. The zero-order valence-electron chi connectivity index (χ0n) is 9.05. The second-order valence-electron chi connectivity index (χ2n) is 4.81. The van der Waals surface area contributed by atoms with E-state index in [9.17, 15) is 0 Å². The molecule has 0 saturated heterocycles. The topological polar surface area (TPSA) is 35.2 Å². The zero-order chi connectivity index (χ0) is 9.78. The van der Waals surface area contributed by atoms with Crippen LogP contribution >= 0.6 is 0 Å². The van der Waals surface area contributed by atoms with Crippen LogP contribution in [0, 0.1) is 5.92 Å². The van der Waals surface area contributed by atoms with Crippen molar-refractivity contribution in [1.29, 1.82) is 0 Å². The molecular formula is C10H23NO. The van der Waals surface area contributed by atoms with Gasteiger partial charge in [-0.25, -0.2) is 0 Å². The molecule has 0 aliphatic rings. The van der Waals surface area contributed by atoms with Gasteiger partial charge < -0.3 is 10.5 Å². The van der Waals surface area contributed by atoms with Gasteiger partial charge in [0.25, 0.3) is 0 Å². The summed E-state index contributed by atoms with van der Waals surface area (Å²) >= 11 is 0. The van der Waals surface area contributed by atoms with Crippen LogP contribution in [0.4, 0.5) is 0 Å². The normalized spacial score (nSPS) is 15.2. The van der Waals surface area contributed by atoms with E-state index in [2.05, 4.69) is 34.6 Å². The maximum atomic E-state index is 5.86. The van der Waals surface area contributed by atoms with Crippen LogP contribution in [0.25, 0.3) is 0 Å². The van der Waals surface area contributed by atoms with Crippen LogP contribution in [0.2, 0.25) is 0 Å². The van der Waals surface area contributed by atoms with E-state index in [1.807, 2.05) is 0 Å². The molecule has 0 heterocycles.